The lowest BCUT2D eigenvalue weighted by atomic mass is 10.2. The first-order chi connectivity index (χ1) is 9.61. The monoisotopic (exact) mass is 273 g/mol. The van der Waals surface area contributed by atoms with Gasteiger partial charge in [0, 0.05) is 11.8 Å². The van der Waals surface area contributed by atoms with Crippen LogP contribution < -0.4 is 11.1 Å². The van der Waals surface area contributed by atoms with Crippen LogP contribution in [0.4, 0.5) is 10.1 Å². The molecule has 1 amide bonds. The van der Waals surface area contributed by atoms with Gasteiger partial charge < -0.3 is 11.1 Å². The van der Waals surface area contributed by atoms with E-state index in [4.69, 9.17) is 11.0 Å². The number of carbonyl (C=O) groups is 1. The summed E-state index contributed by atoms with van der Waals surface area (Å²) in [6.07, 6.45) is 1.20. The van der Waals surface area contributed by atoms with Crippen molar-refractivity contribution in [1.29, 1.82) is 5.26 Å². The number of hydrogen-bond acceptors (Lipinski definition) is 6. The van der Waals surface area contributed by atoms with E-state index < -0.39 is 11.7 Å². The molecule has 20 heavy (non-hydrogen) atoms. The van der Waals surface area contributed by atoms with E-state index in [0.29, 0.717) is 0 Å². The molecule has 0 atom stereocenters. The van der Waals surface area contributed by atoms with Gasteiger partial charge in [0.1, 0.15) is 17.5 Å². The zero-order valence-electron chi connectivity index (χ0n) is 9.96. The maximum atomic E-state index is 13.6. The highest BCUT2D eigenvalue weighted by Gasteiger charge is 2.08. The summed E-state index contributed by atoms with van der Waals surface area (Å²) in [5.74, 6) is -1.22. The van der Waals surface area contributed by atoms with Crippen LogP contribution in [0.15, 0.2) is 24.4 Å². The van der Waals surface area contributed by atoms with Crippen molar-refractivity contribution >= 4 is 17.2 Å². The Hall–Kier alpha value is -3.28. The number of allylic oxidation sites excluding steroid dienone is 1. The van der Waals surface area contributed by atoms with Crippen molar-refractivity contribution in [2.45, 2.75) is 0 Å². The van der Waals surface area contributed by atoms with Gasteiger partial charge in [-0.2, -0.15) is 10.5 Å². The summed E-state index contributed by atoms with van der Waals surface area (Å²) in [6, 6.07) is 5.42. The van der Waals surface area contributed by atoms with Gasteiger partial charge in [-0.1, -0.05) is 0 Å². The molecular formula is C11H8FN7O. The molecule has 0 saturated carbocycles. The van der Waals surface area contributed by atoms with Crippen molar-refractivity contribution in [2.24, 2.45) is 5.73 Å². The number of hydrogen-bond donors (Lipinski definition) is 3. The number of aromatic nitrogens is 4. The lowest BCUT2D eigenvalue weighted by Crippen LogP contribution is -2.11. The van der Waals surface area contributed by atoms with Crippen molar-refractivity contribution in [3.8, 4) is 6.07 Å². The molecule has 8 nitrogen and oxygen atoms in total. The van der Waals surface area contributed by atoms with Crippen LogP contribution in [0, 0.1) is 17.1 Å². The first-order valence-corrected chi connectivity index (χ1v) is 5.32. The van der Waals surface area contributed by atoms with E-state index >= 15 is 0 Å². The summed E-state index contributed by atoms with van der Waals surface area (Å²) in [5.41, 5.74) is 5.28. The van der Waals surface area contributed by atoms with Crippen molar-refractivity contribution in [3.05, 3.63) is 41.6 Å². The van der Waals surface area contributed by atoms with Gasteiger partial charge in [-0.15, -0.1) is 10.2 Å². The summed E-state index contributed by atoms with van der Waals surface area (Å²) in [4.78, 5) is 11.0. The molecule has 2 rings (SSSR count). The SMILES string of the molecule is N#CC(=CNc1cc(C(N)=O)ccc1F)c1nn[nH]n1. The first-order valence-electron chi connectivity index (χ1n) is 5.32. The highest BCUT2D eigenvalue weighted by molar-refractivity contribution is 5.93. The third-order valence-corrected chi connectivity index (χ3v) is 2.33. The molecule has 1 aromatic heterocycles. The van der Waals surface area contributed by atoms with Gasteiger partial charge in [-0.25, -0.2) is 4.39 Å². The van der Waals surface area contributed by atoms with Crippen LogP contribution in [0.1, 0.15) is 16.2 Å². The minimum Gasteiger partial charge on any atom is -0.366 e. The minimum atomic E-state index is -0.685. The fraction of sp³-hybridized carbons (Fsp3) is 0. The Morgan fingerprint density at radius 1 is 1.55 bits per heavy atom. The summed E-state index contributed by atoms with van der Waals surface area (Å²) < 4.78 is 13.6. The van der Waals surface area contributed by atoms with Crippen molar-refractivity contribution in [3.63, 3.8) is 0 Å². The largest absolute Gasteiger partial charge is 0.366 e. The average Bonchev–Trinajstić information content (AvgIpc) is 2.95. The van der Waals surface area contributed by atoms with Gasteiger partial charge >= 0.3 is 0 Å². The second kappa shape index (κ2) is 5.57. The number of primary amides is 1. The lowest BCUT2D eigenvalue weighted by molar-refractivity contribution is 0.100. The molecule has 0 radical (unpaired) electrons. The second-order valence-corrected chi connectivity index (χ2v) is 3.61. The van der Waals surface area contributed by atoms with Crippen LogP contribution in [-0.4, -0.2) is 26.5 Å². The van der Waals surface area contributed by atoms with E-state index in [1.807, 2.05) is 6.07 Å². The van der Waals surface area contributed by atoms with E-state index in [1.165, 1.54) is 18.3 Å². The number of nitrogens with two attached hydrogens (primary N) is 1. The number of benzene rings is 1. The van der Waals surface area contributed by atoms with Crippen molar-refractivity contribution in [2.75, 3.05) is 5.32 Å². The Labute approximate surface area is 112 Å². The normalized spacial score (nSPS) is 10.9. The number of H-pyrrole nitrogens is 1. The molecule has 4 N–H and O–H groups in total. The van der Waals surface area contributed by atoms with E-state index in [-0.39, 0.29) is 22.6 Å². The number of carbonyl (C=O) groups excluding carboxylic acids is 1. The van der Waals surface area contributed by atoms with E-state index in [9.17, 15) is 9.18 Å². The van der Waals surface area contributed by atoms with Gasteiger partial charge in [0.25, 0.3) is 0 Å². The molecule has 0 bridgehead atoms. The molecule has 0 saturated heterocycles. The summed E-state index contributed by atoms with van der Waals surface area (Å²) in [5, 5.41) is 24.2. The molecule has 9 heteroatoms. The van der Waals surface area contributed by atoms with E-state index in [2.05, 4.69) is 25.9 Å². The molecule has 0 aliphatic rings. The molecule has 0 aliphatic carbocycles. The molecule has 0 spiro atoms. The van der Waals surface area contributed by atoms with Crippen LogP contribution in [0.5, 0.6) is 0 Å². The summed E-state index contributed by atoms with van der Waals surface area (Å²) in [7, 11) is 0. The predicted molar refractivity (Wildman–Crippen MR) is 66.3 cm³/mol. The third kappa shape index (κ3) is 2.75. The molecule has 1 heterocycles. The molecule has 0 aliphatic heterocycles. The van der Waals surface area contributed by atoms with Crippen LogP contribution in [-0.2, 0) is 0 Å². The molecular weight excluding hydrogens is 265 g/mol. The Balaban J connectivity index is 2.28. The molecule has 0 unspecified atom stereocenters. The zero-order valence-corrected chi connectivity index (χ0v) is 9.96. The number of nitriles is 1. The Morgan fingerprint density at radius 3 is 2.95 bits per heavy atom. The van der Waals surface area contributed by atoms with E-state index in [0.717, 1.165) is 6.07 Å². The number of nitrogens with one attached hydrogen (secondary N) is 2. The second-order valence-electron chi connectivity index (χ2n) is 3.61. The van der Waals surface area contributed by atoms with Crippen LogP contribution in [0.2, 0.25) is 0 Å². The number of anilines is 1. The standard InChI is InChI=1S/C11H8FN7O/c12-8-2-1-6(10(14)20)3-9(8)15-5-7(4-13)11-16-18-19-17-11/h1-3,5,15H,(H2,14,20)(H,16,17,18,19). The molecule has 2 aromatic rings. The summed E-state index contributed by atoms with van der Waals surface area (Å²) in [6.45, 7) is 0. The quantitative estimate of drug-likeness (QED) is 0.691. The highest BCUT2D eigenvalue weighted by Crippen LogP contribution is 2.17. The van der Waals surface area contributed by atoms with Crippen LogP contribution in [0.25, 0.3) is 5.57 Å². The Bertz CT molecular complexity index is 702. The van der Waals surface area contributed by atoms with Gasteiger partial charge in [0.05, 0.1) is 5.69 Å². The Morgan fingerprint density at radius 2 is 2.35 bits per heavy atom. The van der Waals surface area contributed by atoms with Crippen molar-refractivity contribution in [1.82, 2.24) is 20.6 Å². The topological polar surface area (TPSA) is 133 Å². The lowest BCUT2D eigenvalue weighted by Gasteiger charge is -2.04. The fourth-order valence-corrected chi connectivity index (χ4v) is 1.36. The molecule has 0 fully saturated rings. The smallest absolute Gasteiger partial charge is 0.248 e. The molecule has 100 valence electrons. The highest BCUT2D eigenvalue weighted by atomic mass is 19.1. The minimum absolute atomic E-state index is 0.00227. The van der Waals surface area contributed by atoms with Crippen LogP contribution in [0.3, 0.4) is 0 Å². The number of rotatable bonds is 4. The van der Waals surface area contributed by atoms with Crippen LogP contribution >= 0.6 is 0 Å². The maximum Gasteiger partial charge on any atom is 0.248 e. The predicted octanol–water partition coefficient (Wildman–Crippen LogP) is 0.414. The zero-order chi connectivity index (χ0) is 14.5. The van der Waals surface area contributed by atoms with E-state index in [1.54, 1.807) is 0 Å². The van der Waals surface area contributed by atoms with Gasteiger partial charge in [0.2, 0.25) is 11.7 Å². The maximum absolute atomic E-state index is 13.6. The van der Waals surface area contributed by atoms with Crippen molar-refractivity contribution < 1.29 is 9.18 Å². The van der Waals surface area contributed by atoms with Gasteiger partial charge in [-0.3, -0.25) is 4.79 Å². The number of amides is 1. The van der Waals surface area contributed by atoms with Gasteiger partial charge in [-0.05, 0) is 23.4 Å². The van der Waals surface area contributed by atoms with Gasteiger partial charge in [0.15, 0.2) is 0 Å². The number of halogens is 1. The Kier molecular flexibility index (Phi) is 3.67. The summed E-state index contributed by atoms with van der Waals surface area (Å²) >= 11 is 0. The average molecular weight is 273 g/mol. The number of tetrazole rings is 1. The third-order valence-electron chi connectivity index (χ3n) is 2.33. The fourth-order valence-electron chi connectivity index (χ4n) is 1.36. The number of aromatic amines is 1. The molecule has 1 aromatic carbocycles. The first kappa shape index (κ1) is 13.2. The number of nitrogens with zero attached hydrogens (tertiary/aromatic N) is 4.